The van der Waals surface area contributed by atoms with E-state index in [0.717, 1.165) is 4.90 Å². The first-order chi connectivity index (χ1) is 14.0. The number of rotatable bonds is 4. The maximum Gasteiger partial charge on any atom is 0.266 e. The number of carbonyl (C=O) groups is 3. The second-order valence-corrected chi connectivity index (χ2v) is 7.17. The molecule has 0 atom stereocenters. The van der Waals surface area contributed by atoms with Crippen LogP contribution in [0.5, 0.6) is 5.75 Å². The summed E-state index contributed by atoms with van der Waals surface area (Å²) in [5, 5.41) is 2.79. The second kappa shape index (κ2) is 7.52. The van der Waals surface area contributed by atoms with Crippen molar-refractivity contribution in [3.63, 3.8) is 0 Å². The number of anilines is 2. The van der Waals surface area contributed by atoms with Gasteiger partial charge in [-0.25, -0.2) is 4.90 Å². The van der Waals surface area contributed by atoms with Crippen LogP contribution < -0.4 is 15.0 Å². The molecule has 1 aliphatic rings. The van der Waals surface area contributed by atoms with E-state index in [1.807, 2.05) is 6.07 Å². The summed E-state index contributed by atoms with van der Waals surface area (Å²) in [4.78, 5) is 39.1. The van der Waals surface area contributed by atoms with Gasteiger partial charge >= 0.3 is 0 Å². The molecule has 0 aromatic heterocycles. The molecule has 1 aliphatic heterocycles. The van der Waals surface area contributed by atoms with E-state index in [1.54, 1.807) is 60.7 Å². The minimum atomic E-state index is -0.408. The van der Waals surface area contributed by atoms with Crippen molar-refractivity contribution in [3.8, 4) is 5.75 Å². The summed E-state index contributed by atoms with van der Waals surface area (Å²) in [7, 11) is 1.44. The summed E-state index contributed by atoms with van der Waals surface area (Å²) in [6.45, 7) is 0. The number of fused-ring (bicyclic) bond motifs is 1. The number of amides is 3. The van der Waals surface area contributed by atoms with Crippen LogP contribution in [0, 0.1) is 0 Å². The van der Waals surface area contributed by atoms with E-state index < -0.39 is 11.8 Å². The van der Waals surface area contributed by atoms with Crippen LogP contribution in [0.2, 0.25) is 0 Å². The predicted molar refractivity (Wildman–Crippen MR) is 113 cm³/mol. The van der Waals surface area contributed by atoms with E-state index in [1.165, 1.54) is 7.11 Å². The molecule has 0 saturated heterocycles. The van der Waals surface area contributed by atoms with Crippen LogP contribution in [-0.2, 0) is 0 Å². The molecular weight excluding hydrogens is 436 g/mol. The van der Waals surface area contributed by atoms with Gasteiger partial charge in [-0.1, -0.05) is 24.3 Å². The molecular formula is C22H15BrN2O4. The first-order valence-corrected chi connectivity index (χ1v) is 9.52. The van der Waals surface area contributed by atoms with Gasteiger partial charge in [0.1, 0.15) is 5.75 Å². The average molecular weight is 451 g/mol. The molecule has 0 fully saturated rings. The summed E-state index contributed by atoms with van der Waals surface area (Å²) < 4.78 is 6.07. The van der Waals surface area contributed by atoms with Crippen molar-refractivity contribution < 1.29 is 19.1 Å². The molecule has 3 aromatic carbocycles. The lowest BCUT2D eigenvalue weighted by Crippen LogP contribution is -2.29. The standard InChI is InChI=1S/C22H15BrN2O4/c1-29-19-12-13(24-20(26)16-8-4-5-9-17(16)23)10-11-18(19)25-21(27)14-6-2-3-7-15(14)22(25)28/h2-12H,1H3,(H,24,26). The Morgan fingerprint density at radius 1 is 0.931 bits per heavy atom. The normalized spacial score (nSPS) is 12.7. The third-order valence-electron chi connectivity index (χ3n) is 4.59. The van der Waals surface area contributed by atoms with Crippen molar-refractivity contribution in [2.75, 3.05) is 17.3 Å². The lowest BCUT2D eigenvalue weighted by molar-refractivity contribution is 0.0923. The summed E-state index contributed by atoms with van der Waals surface area (Å²) in [6, 6.07) is 18.5. The highest BCUT2D eigenvalue weighted by molar-refractivity contribution is 9.10. The Bertz CT molecular complexity index is 1120. The highest BCUT2D eigenvalue weighted by atomic mass is 79.9. The average Bonchev–Trinajstić information content (AvgIpc) is 2.99. The van der Waals surface area contributed by atoms with E-state index in [-0.39, 0.29) is 5.91 Å². The topological polar surface area (TPSA) is 75.7 Å². The quantitative estimate of drug-likeness (QED) is 0.593. The van der Waals surface area contributed by atoms with Crippen LogP contribution in [0.1, 0.15) is 31.1 Å². The zero-order valence-corrected chi connectivity index (χ0v) is 16.9. The Morgan fingerprint density at radius 3 is 2.17 bits per heavy atom. The Hall–Kier alpha value is -3.45. The second-order valence-electron chi connectivity index (χ2n) is 6.31. The number of halogens is 1. The van der Waals surface area contributed by atoms with Crippen molar-refractivity contribution >= 4 is 45.0 Å². The van der Waals surface area contributed by atoms with Gasteiger partial charge in [0, 0.05) is 16.2 Å². The van der Waals surface area contributed by atoms with Gasteiger partial charge in [0.05, 0.1) is 29.5 Å². The molecule has 144 valence electrons. The van der Waals surface area contributed by atoms with Crippen LogP contribution in [-0.4, -0.2) is 24.8 Å². The fourth-order valence-electron chi connectivity index (χ4n) is 3.19. The minimum Gasteiger partial charge on any atom is -0.494 e. The summed E-state index contributed by atoms with van der Waals surface area (Å²) in [6.07, 6.45) is 0. The Labute approximate surface area is 175 Å². The van der Waals surface area contributed by atoms with Crippen LogP contribution in [0.4, 0.5) is 11.4 Å². The maximum absolute atomic E-state index is 12.7. The molecule has 0 spiro atoms. The zero-order valence-electron chi connectivity index (χ0n) is 15.3. The third-order valence-corrected chi connectivity index (χ3v) is 5.28. The first-order valence-electron chi connectivity index (χ1n) is 8.73. The van der Waals surface area contributed by atoms with Crippen LogP contribution in [0.3, 0.4) is 0 Å². The molecule has 0 saturated carbocycles. The van der Waals surface area contributed by atoms with Crippen LogP contribution >= 0.6 is 15.9 Å². The summed E-state index contributed by atoms with van der Waals surface area (Å²) in [5.74, 6) is -0.819. The third kappa shape index (κ3) is 3.30. The number of nitrogens with zero attached hydrogens (tertiary/aromatic N) is 1. The van der Waals surface area contributed by atoms with Crippen molar-refractivity contribution in [1.29, 1.82) is 0 Å². The lowest BCUT2D eigenvalue weighted by atomic mass is 10.1. The zero-order chi connectivity index (χ0) is 20.5. The van der Waals surface area contributed by atoms with Crippen molar-refractivity contribution in [3.05, 3.63) is 87.9 Å². The molecule has 4 rings (SSSR count). The van der Waals surface area contributed by atoms with Gasteiger partial charge in [0.15, 0.2) is 0 Å². The Kier molecular flexibility index (Phi) is 4.90. The van der Waals surface area contributed by atoms with E-state index in [2.05, 4.69) is 21.2 Å². The fraction of sp³-hybridized carbons (Fsp3) is 0.0455. The van der Waals surface area contributed by atoms with E-state index in [9.17, 15) is 14.4 Å². The molecule has 1 heterocycles. The smallest absolute Gasteiger partial charge is 0.266 e. The summed E-state index contributed by atoms with van der Waals surface area (Å²) >= 11 is 3.35. The molecule has 3 aromatic rings. The monoisotopic (exact) mass is 450 g/mol. The van der Waals surface area contributed by atoms with Gasteiger partial charge in [0.25, 0.3) is 17.7 Å². The number of ether oxygens (including phenoxy) is 1. The highest BCUT2D eigenvalue weighted by Crippen LogP contribution is 2.36. The minimum absolute atomic E-state index is 0.296. The number of carbonyl (C=O) groups excluding carboxylic acids is 3. The molecule has 7 heteroatoms. The molecule has 0 unspecified atom stereocenters. The first kappa shape index (κ1) is 18.9. The number of nitrogens with one attached hydrogen (secondary N) is 1. The number of imide groups is 1. The summed E-state index contributed by atoms with van der Waals surface area (Å²) in [5.41, 5.74) is 1.98. The maximum atomic E-state index is 12.7. The van der Waals surface area contributed by atoms with Gasteiger partial charge < -0.3 is 10.1 Å². The predicted octanol–water partition coefficient (Wildman–Crippen LogP) is 4.51. The van der Waals surface area contributed by atoms with E-state index in [0.29, 0.717) is 38.3 Å². The van der Waals surface area contributed by atoms with Crippen LogP contribution in [0.25, 0.3) is 0 Å². The van der Waals surface area contributed by atoms with Crippen molar-refractivity contribution in [2.24, 2.45) is 0 Å². The number of hydrogen-bond acceptors (Lipinski definition) is 4. The molecule has 1 N–H and O–H groups in total. The molecule has 0 radical (unpaired) electrons. The van der Waals surface area contributed by atoms with Crippen molar-refractivity contribution in [2.45, 2.75) is 0 Å². The van der Waals surface area contributed by atoms with Crippen molar-refractivity contribution in [1.82, 2.24) is 0 Å². The van der Waals surface area contributed by atoms with Gasteiger partial charge in [0.2, 0.25) is 0 Å². The lowest BCUT2D eigenvalue weighted by Gasteiger charge is -2.18. The number of benzene rings is 3. The van der Waals surface area contributed by atoms with Crippen LogP contribution in [0.15, 0.2) is 71.2 Å². The highest BCUT2D eigenvalue weighted by Gasteiger charge is 2.37. The SMILES string of the molecule is COc1cc(NC(=O)c2ccccc2Br)ccc1N1C(=O)c2ccccc2C1=O. The molecule has 3 amide bonds. The van der Waals surface area contributed by atoms with Gasteiger partial charge in [-0.2, -0.15) is 0 Å². The molecule has 6 nitrogen and oxygen atoms in total. The molecule has 29 heavy (non-hydrogen) atoms. The largest absolute Gasteiger partial charge is 0.494 e. The number of hydrogen-bond donors (Lipinski definition) is 1. The Morgan fingerprint density at radius 2 is 1.55 bits per heavy atom. The Balaban J connectivity index is 1.65. The number of methoxy groups -OCH3 is 1. The van der Waals surface area contributed by atoms with E-state index >= 15 is 0 Å². The molecule has 0 bridgehead atoms. The fourth-order valence-corrected chi connectivity index (χ4v) is 3.66. The molecule has 0 aliphatic carbocycles. The van der Waals surface area contributed by atoms with Gasteiger partial charge in [-0.3, -0.25) is 14.4 Å². The van der Waals surface area contributed by atoms with E-state index in [4.69, 9.17) is 4.74 Å². The van der Waals surface area contributed by atoms with Gasteiger partial charge in [-0.05, 0) is 52.3 Å². The van der Waals surface area contributed by atoms with Gasteiger partial charge in [-0.15, -0.1) is 0 Å².